The lowest BCUT2D eigenvalue weighted by atomic mass is 10.1. The Morgan fingerprint density at radius 1 is 0.907 bits per heavy atom. The standard InChI is InChI=1S/C21H24N5O14P3/c1-35-13-6-7-14(12-5-3-2-4-11(12)13)38-42(31,32)40-43(33,34)39-41(29,30)36-8-15-17(27)18(28)21(37-15)26-10-25-16-19(22)23-9-24-20(16)26/h2-7,9-10,15,17-18,21,27-28H,8H2,1H3,(H,29,30)(H,31,32)(H,33,34)(H2,22,23,24)/t15-,17-,18-,21-/m1/s1. The lowest BCUT2D eigenvalue weighted by Crippen LogP contribution is -2.33. The van der Waals surface area contributed by atoms with Crippen molar-refractivity contribution in [1.29, 1.82) is 0 Å². The second-order valence-corrected chi connectivity index (χ2v) is 13.5. The van der Waals surface area contributed by atoms with Gasteiger partial charge in [-0.1, -0.05) is 24.3 Å². The molecule has 2 aromatic carbocycles. The zero-order valence-corrected chi connectivity index (χ0v) is 24.4. The summed E-state index contributed by atoms with van der Waals surface area (Å²) >= 11 is 0. The predicted octanol–water partition coefficient (Wildman–Crippen LogP) is 1.62. The molecule has 2 aromatic heterocycles. The third-order valence-corrected chi connectivity index (χ3v) is 10.3. The Hall–Kier alpha value is -3.02. The topological polar surface area (TPSA) is 277 Å². The third-order valence-electron chi connectivity index (χ3n) is 6.09. The van der Waals surface area contributed by atoms with Gasteiger partial charge in [0.1, 0.15) is 41.7 Å². The van der Waals surface area contributed by atoms with E-state index in [1.54, 1.807) is 18.2 Å². The number of anilines is 1. The lowest BCUT2D eigenvalue weighted by Gasteiger charge is -2.20. The fraction of sp³-hybridized carbons (Fsp3) is 0.286. The number of nitrogens with two attached hydrogens (primary N) is 1. The minimum atomic E-state index is -5.81. The first-order valence-corrected chi connectivity index (χ1v) is 16.4. The fourth-order valence-electron chi connectivity index (χ4n) is 4.26. The quantitative estimate of drug-likeness (QED) is 0.124. The van der Waals surface area contributed by atoms with Crippen LogP contribution in [-0.2, 0) is 31.6 Å². The average Bonchev–Trinajstić information content (AvgIpc) is 3.48. The van der Waals surface area contributed by atoms with Gasteiger partial charge in [-0.2, -0.15) is 8.62 Å². The van der Waals surface area contributed by atoms with E-state index in [2.05, 4.69) is 28.1 Å². The highest BCUT2D eigenvalue weighted by Crippen LogP contribution is 2.67. The Balaban J connectivity index is 1.22. The molecular formula is C21H24N5O14P3. The van der Waals surface area contributed by atoms with Gasteiger partial charge in [0.15, 0.2) is 17.7 Å². The number of aliphatic hydroxyl groups is 2. The maximum atomic E-state index is 12.5. The van der Waals surface area contributed by atoms with Gasteiger partial charge < -0.3 is 39.7 Å². The number of ether oxygens (including phenoxy) is 2. The molecular weight excluding hydrogens is 639 g/mol. The molecule has 0 bridgehead atoms. The van der Waals surface area contributed by atoms with Crippen LogP contribution in [0.3, 0.4) is 0 Å². The van der Waals surface area contributed by atoms with E-state index >= 15 is 0 Å². The Morgan fingerprint density at radius 3 is 2.26 bits per heavy atom. The highest BCUT2D eigenvalue weighted by molar-refractivity contribution is 7.67. The summed E-state index contributed by atoms with van der Waals surface area (Å²) in [6.07, 6.45) is -3.73. The van der Waals surface area contributed by atoms with Crippen molar-refractivity contribution in [3.05, 3.63) is 49.1 Å². The molecule has 232 valence electrons. The molecule has 7 N–H and O–H groups in total. The van der Waals surface area contributed by atoms with Gasteiger partial charge in [-0.3, -0.25) is 14.0 Å². The summed E-state index contributed by atoms with van der Waals surface area (Å²) in [7, 11) is -15.4. The lowest BCUT2D eigenvalue weighted by molar-refractivity contribution is -0.0503. The normalized spacial score (nSPS) is 24.8. The zero-order chi connectivity index (χ0) is 31.2. The molecule has 4 aromatic rings. The van der Waals surface area contributed by atoms with Gasteiger partial charge in [-0.25, -0.2) is 28.6 Å². The third kappa shape index (κ3) is 6.73. The maximum Gasteiger partial charge on any atom is 0.536 e. The summed E-state index contributed by atoms with van der Waals surface area (Å²) < 4.78 is 67.2. The summed E-state index contributed by atoms with van der Waals surface area (Å²) in [5.41, 5.74) is 6.08. The number of nitrogen functional groups attached to an aromatic ring is 1. The van der Waals surface area contributed by atoms with Gasteiger partial charge in [-0.05, 0) is 12.1 Å². The number of fused-ring (bicyclic) bond motifs is 2. The summed E-state index contributed by atoms with van der Waals surface area (Å²) in [4.78, 5) is 41.9. The largest absolute Gasteiger partial charge is 0.536 e. The fourth-order valence-corrected chi connectivity index (χ4v) is 7.80. The van der Waals surface area contributed by atoms with Crippen LogP contribution in [0.4, 0.5) is 5.82 Å². The molecule has 0 saturated carbocycles. The number of methoxy groups -OCH3 is 1. The Kier molecular flexibility index (Phi) is 8.63. The van der Waals surface area contributed by atoms with Crippen molar-refractivity contribution in [2.45, 2.75) is 24.5 Å². The van der Waals surface area contributed by atoms with E-state index in [9.17, 15) is 38.6 Å². The first kappa shape index (κ1) is 31.4. The molecule has 3 heterocycles. The Morgan fingerprint density at radius 2 is 1.56 bits per heavy atom. The van der Waals surface area contributed by atoms with Crippen molar-refractivity contribution in [1.82, 2.24) is 19.5 Å². The van der Waals surface area contributed by atoms with Crippen LogP contribution in [0, 0.1) is 0 Å². The molecule has 3 unspecified atom stereocenters. The molecule has 5 rings (SSSR count). The highest BCUT2D eigenvalue weighted by Gasteiger charge is 2.47. The predicted molar refractivity (Wildman–Crippen MR) is 144 cm³/mol. The molecule has 0 radical (unpaired) electrons. The first-order valence-electron chi connectivity index (χ1n) is 12.0. The van der Waals surface area contributed by atoms with Crippen molar-refractivity contribution < 1.29 is 65.7 Å². The Bertz CT molecular complexity index is 1810. The summed E-state index contributed by atoms with van der Waals surface area (Å²) in [6.45, 7) is -0.961. The molecule has 0 aliphatic carbocycles. The van der Waals surface area contributed by atoms with Crippen molar-refractivity contribution in [3.63, 3.8) is 0 Å². The molecule has 1 aliphatic rings. The highest BCUT2D eigenvalue weighted by atomic mass is 31.3. The van der Waals surface area contributed by atoms with E-state index in [1.807, 2.05) is 0 Å². The number of hydrogen-bond donors (Lipinski definition) is 6. The van der Waals surface area contributed by atoms with E-state index in [0.29, 0.717) is 11.1 Å². The number of benzene rings is 2. The molecule has 0 amide bonds. The average molecular weight is 663 g/mol. The number of phosphoric ester groups is 2. The summed E-state index contributed by atoms with van der Waals surface area (Å²) in [5.74, 6) is 0.199. The number of phosphoric acid groups is 3. The van der Waals surface area contributed by atoms with Crippen LogP contribution in [0.1, 0.15) is 6.23 Å². The molecule has 1 fully saturated rings. The molecule has 1 saturated heterocycles. The van der Waals surface area contributed by atoms with Gasteiger partial charge in [0.05, 0.1) is 20.0 Å². The minimum Gasteiger partial charge on any atom is -0.496 e. The first-order chi connectivity index (χ1) is 20.2. The van der Waals surface area contributed by atoms with Crippen LogP contribution in [0.2, 0.25) is 0 Å². The van der Waals surface area contributed by atoms with E-state index in [4.69, 9.17) is 19.7 Å². The van der Waals surface area contributed by atoms with Gasteiger partial charge >= 0.3 is 23.5 Å². The van der Waals surface area contributed by atoms with E-state index in [-0.39, 0.29) is 28.1 Å². The zero-order valence-electron chi connectivity index (χ0n) is 21.8. The number of aliphatic hydroxyl groups excluding tert-OH is 2. The molecule has 7 atom stereocenters. The van der Waals surface area contributed by atoms with Crippen LogP contribution < -0.4 is 15.0 Å². The molecule has 19 nitrogen and oxygen atoms in total. The Labute approximate surface area is 241 Å². The van der Waals surface area contributed by atoms with Crippen molar-refractivity contribution in [2.24, 2.45) is 0 Å². The number of aromatic nitrogens is 4. The summed E-state index contributed by atoms with van der Waals surface area (Å²) in [6, 6.07) is 9.03. The van der Waals surface area contributed by atoms with E-state index in [0.717, 1.165) is 6.33 Å². The SMILES string of the molecule is COc1ccc(OP(=O)(O)OP(=O)(O)OP(=O)(O)OC[C@H]2O[C@@H](n3cnc4c(N)ncnc43)[C@H](O)[C@@H]2O)c2ccccc12. The minimum absolute atomic E-state index is 0.0425. The number of rotatable bonds is 11. The second kappa shape index (κ2) is 11.8. The maximum absolute atomic E-state index is 12.5. The molecule has 22 heteroatoms. The van der Waals surface area contributed by atoms with Gasteiger partial charge in [-0.15, -0.1) is 0 Å². The van der Waals surface area contributed by atoms with Gasteiger partial charge in [0.2, 0.25) is 0 Å². The monoisotopic (exact) mass is 663 g/mol. The molecule has 1 aliphatic heterocycles. The van der Waals surface area contributed by atoms with Crippen LogP contribution in [0.25, 0.3) is 21.9 Å². The van der Waals surface area contributed by atoms with Crippen LogP contribution in [0.5, 0.6) is 11.5 Å². The van der Waals surface area contributed by atoms with Gasteiger partial charge in [0.25, 0.3) is 0 Å². The van der Waals surface area contributed by atoms with Crippen LogP contribution in [0.15, 0.2) is 49.1 Å². The smallest absolute Gasteiger partial charge is 0.496 e. The van der Waals surface area contributed by atoms with Crippen LogP contribution in [-0.4, -0.2) is 76.4 Å². The van der Waals surface area contributed by atoms with Gasteiger partial charge in [0, 0.05) is 10.8 Å². The summed E-state index contributed by atoms with van der Waals surface area (Å²) in [5, 5.41) is 21.6. The second-order valence-electron chi connectivity index (χ2n) is 8.90. The number of imidazole rings is 1. The number of hydrogen-bond acceptors (Lipinski definition) is 15. The van der Waals surface area contributed by atoms with Crippen molar-refractivity contribution in [2.75, 3.05) is 19.5 Å². The van der Waals surface area contributed by atoms with Crippen molar-refractivity contribution >= 4 is 51.2 Å². The van der Waals surface area contributed by atoms with Crippen molar-refractivity contribution in [3.8, 4) is 11.5 Å². The number of nitrogens with zero attached hydrogens (tertiary/aromatic N) is 4. The molecule has 43 heavy (non-hydrogen) atoms. The van der Waals surface area contributed by atoms with Crippen LogP contribution >= 0.6 is 23.5 Å². The van der Waals surface area contributed by atoms with E-state index < -0.39 is 54.6 Å². The van der Waals surface area contributed by atoms with E-state index in [1.165, 1.54) is 36.2 Å². The molecule has 0 spiro atoms.